The van der Waals surface area contributed by atoms with Crippen molar-refractivity contribution in [1.29, 1.82) is 0 Å². The van der Waals surface area contributed by atoms with Crippen LogP contribution in [0, 0.1) is 5.92 Å². The fraction of sp³-hybridized carbons (Fsp3) is 0.519. The molecule has 182 valence electrons. The summed E-state index contributed by atoms with van der Waals surface area (Å²) in [6, 6.07) is 19.8. The summed E-state index contributed by atoms with van der Waals surface area (Å²) in [6.45, 7) is 5.78. The van der Waals surface area contributed by atoms with E-state index in [0.717, 1.165) is 23.2 Å². The summed E-state index contributed by atoms with van der Waals surface area (Å²) in [4.78, 5) is 24.1. The highest BCUT2D eigenvalue weighted by atomic mass is 28.4. The molecule has 0 bridgehead atoms. The highest BCUT2D eigenvalue weighted by molar-refractivity contribution is 6.98. The van der Waals surface area contributed by atoms with Crippen LogP contribution in [0.3, 0.4) is 0 Å². The van der Waals surface area contributed by atoms with Crippen LogP contribution < -0.4 is 10.4 Å². The summed E-state index contributed by atoms with van der Waals surface area (Å²) in [7, 11) is -1.75. The second-order valence-electron chi connectivity index (χ2n) is 9.79. The van der Waals surface area contributed by atoms with Crippen LogP contribution >= 0.6 is 0 Å². The predicted molar refractivity (Wildman–Crippen MR) is 135 cm³/mol. The van der Waals surface area contributed by atoms with Crippen LogP contribution in [0.25, 0.3) is 0 Å². The van der Waals surface area contributed by atoms with Crippen molar-refractivity contribution in [3.8, 4) is 0 Å². The average Bonchev–Trinajstić information content (AvgIpc) is 2.85. The molecule has 0 radical (unpaired) electrons. The minimum atomic E-state index is -3.13. The summed E-state index contributed by atoms with van der Waals surface area (Å²) in [6.07, 6.45) is 3.13. The largest absolute Gasteiger partial charge is 0.469 e. The molecule has 0 saturated carbocycles. The number of methoxy groups -OCH3 is 1. The molecular weight excluding hydrogens is 432 g/mol. The number of aliphatic hydroxyl groups excluding tert-OH is 1. The Morgan fingerprint density at radius 2 is 1.52 bits per heavy atom. The Morgan fingerprint density at radius 3 is 1.94 bits per heavy atom. The van der Waals surface area contributed by atoms with E-state index in [4.69, 9.17) is 4.74 Å². The number of hydrogen-bond acceptors (Lipinski definition) is 5. The first-order valence-electron chi connectivity index (χ1n) is 11.9. The quantitative estimate of drug-likeness (QED) is 0.307. The first-order chi connectivity index (χ1) is 15.6. The summed E-state index contributed by atoms with van der Waals surface area (Å²) in [5, 5.41) is 22.0. The fourth-order valence-corrected chi connectivity index (χ4v) is 8.44. The maximum absolute atomic E-state index is 12.4. The molecule has 2 atom stereocenters. The molecule has 0 aliphatic heterocycles. The Morgan fingerprint density at radius 1 is 1.00 bits per heavy atom. The maximum Gasteiger partial charge on any atom is 0.305 e. The van der Waals surface area contributed by atoms with Crippen LogP contribution in [0.2, 0.25) is 5.04 Å². The third kappa shape index (κ3) is 6.76. The topological polar surface area (TPSA) is 87.0 Å². The second kappa shape index (κ2) is 11.9. The lowest BCUT2D eigenvalue weighted by Crippen LogP contribution is -2.65. The number of carbonyl (C=O) groups excluding carboxylic acids is 1. The van der Waals surface area contributed by atoms with E-state index in [1.165, 1.54) is 7.11 Å². The van der Waals surface area contributed by atoms with Crippen molar-refractivity contribution < 1.29 is 24.5 Å². The highest BCUT2D eigenvalue weighted by Crippen LogP contribution is 2.42. The fourth-order valence-electron chi connectivity index (χ4n) is 4.68. The molecule has 33 heavy (non-hydrogen) atoms. The second-order valence-corrected chi connectivity index (χ2v) is 13.7. The van der Waals surface area contributed by atoms with Gasteiger partial charge in [-0.3, -0.25) is 4.79 Å². The zero-order valence-corrected chi connectivity index (χ0v) is 21.5. The lowest BCUT2D eigenvalue weighted by atomic mass is 9.82. The van der Waals surface area contributed by atoms with Gasteiger partial charge in [-0.1, -0.05) is 81.4 Å². The van der Waals surface area contributed by atoms with E-state index < -0.39 is 19.0 Å². The smallest absolute Gasteiger partial charge is 0.305 e. The minimum absolute atomic E-state index is 0.0188. The summed E-state index contributed by atoms with van der Waals surface area (Å²) in [5.41, 5.74) is -1.17. The molecule has 0 aliphatic rings. The molecule has 0 fully saturated rings. The number of esters is 1. The molecule has 0 aromatic heterocycles. The average molecular weight is 473 g/mol. The lowest BCUT2D eigenvalue weighted by Gasteiger charge is -2.42. The van der Waals surface area contributed by atoms with Gasteiger partial charge < -0.3 is 19.7 Å². The summed E-state index contributed by atoms with van der Waals surface area (Å²) in [5.74, 6) is -0.256. The van der Waals surface area contributed by atoms with Crippen LogP contribution in [0.1, 0.15) is 59.3 Å². The molecule has 0 amide bonds. The Kier molecular flexibility index (Phi) is 9.85. The van der Waals surface area contributed by atoms with Crippen molar-refractivity contribution in [2.45, 2.75) is 69.9 Å². The molecule has 5 nitrogen and oxygen atoms in total. The number of benzene rings is 2. The molecule has 2 aromatic rings. The van der Waals surface area contributed by atoms with E-state index in [1.807, 2.05) is 67.6 Å². The van der Waals surface area contributed by atoms with Crippen LogP contribution in [-0.4, -0.2) is 48.6 Å². The Bertz CT molecular complexity index is 810. The molecule has 0 spiro atoms. The van der Waals surface area contributed by atoms with Crippen molar-refractivity contribution in [2.24, 2.45) is 5.92 Å². The van der Waals surface area contributed by atoms with Gasteiger partial charge in [0, 0.05) is 6.42 Å². The number of rotatable bonds is 13. The van der Waals surface area contributed by atoms with Gasteiger partial charge >= 0.3 is 5.97 Å². The third-order valence-electron chi connectivity index (χ3n) is 7.15. The Hall–Kier alpha value is -1.99. The van der Waals surface area contributed by atoms with Crippen LogP contribution in [0.5, 0.6) is 0 Å². The molecule has 2 rings (SSSR count). The van der Waals surface area contributed by atoms with Gasteiger partial charge in [0.15, 0.2) is 0 Å². The van der Waals surface area contributed by atoms with E-state index in [-0.39, 0.29) is 24.9 Å². The van der Waals surface area contributed by atoms with Crippen LogP contribution in [-0.2, 0) is 9.53 Å². The highest BCUT2D eigenvalue weighted by Gasteiger charge is 2.49. The molecule has 0 aliphatic carbocycles. The molecule has 3 N–H and O–H groups in total. The van der Waals surface area contributed by atoms with Gasteiger partial charge in [-0.15, -0.1) is 0 Å². The van der Waals surface area contributed by atoms with Gasteiger partial charge in [0.25, 0.3) is 8.32 Å². The zero-order valence-electron chi connectivity index (χ0n) is 20.5. The van der Waals surface area contributed by atoms with E-state index >= 15 is 0 Å². The molecular formula is C27H40O5Si. The maximum atomic E-state index is 12.4. The van der Waals surface area contributed by atoms with Crippen molar-refractivity contribution in [3.63, 3.8) is 0 Å². The van der Waals surface area contributed by atoms with E-state index in [2.05, 4.69) is 13.8 Å². The number of ether oxygens (including phenoxy) is 1. The summed E-state index contributed by atoms with van der Waals surface area (Å²) < 4.78 is 4.81. The molecule has 0 saturated heterocycles. The van der Waals surface area contributed by atoms with Crippen molar-refractivity contribution in [1.82, 2.24) is 0 Å². The van der Waals surface area contributed by atoms with Crippen molar-refractivity contribution in [2.75, 3.05) is 13.7 Å². The normalized spacial score (nSPS) is 15.0. The third-order valence-corrected chi connectivity index (χ3v) is 11.7. The van der Waals surface area contributed by atoms with E-state index in [0.29, 0.717) is 19.3 Å². The van der Waals surface area contributed by atoms with E-state index in [9.17, 15) is 19.8 Å². The first kappa shape index (κ1) is 27.3. The van der Waals surface area contributed by atoms with Crippen LogP contribution in [0.15, 0.2) is 60.7 Å². The molecule has 2 aromatic carbocycles. The minimum Gasteiger partial charge on any atom is -0.469 e. The molecule has 0 unspecified atom stereocenters. The van der Waals surface area contributed by atoms with Gasteiger partial charge in [0.1, 0.15) is 0 Å². The predicted octanol–water partition coefficient (Wildman–Crippen LogP) is 3.39. The van der Waals surface area contributed by atoms with Gasteiger partial charge in [-0.2, -0.15) is 0 Å². The summed E-state index contributed by atoms with van der Waals surface area (Å²) >= 11 is 0. The van der Waals surface area contributed by atoms with Gasteiger partial charge in [0.05, 0.1) is 19.3 Å². The standard InChI is InChI=1S/C27H40O5Si/c1-5-27(30,21-28)20-22(16-17-25(29)32-4)18-19-26(2,3)33(31,23-12-8-6-9-13-23)24-14-10-7-11-15-24/h6-15,22,28,30-31H,5,16-21H2,1-4H3/t22-,27-/m0/s1. The van der Waals surface area contributed by atoms with Gasteiger partial charge in [0.2, 0.25) is 0 Å². The Labute approximate surface area is 199 Å². The van der Waals surface area contributed by atoms with Crippen molar-refractivity contribution >= 4 is 24.7 Å². The number of hydrogen-bond donors (Lipinski definition) is 3. The van der Waals surface area contributed by atoms with Crippen LogP contribution in [0.4, 0.5) is 0 Å². The monoisotopic (exact) mass is 472 g/mol. The van der Waals surface area contributed by atoms with Gasteiger partial charge in [-0.25, -0.2) is 0 Å². The zero-order chi connectivity index (χ0) is 24.5. The van der Waals surface area contributed by atoms with E-state index in [1.54, 1.807) is 0 Å². The number of aliphatic hydroxyl groups is 2. The SMILES string of the molecule is CC[C@@](O)(CO)C[C@@H](CCC(=O)OC)CCC(C)(C)[Si](O)(c1ccccc1)c1ccccc1. The lowest BCUT2D eigenvalue weighted by molar-refractivity contribution is -0.141. The molecule has 0 heterocycles. The number of carbonyl (C=O) groups is 1. The first-order valence-corrected chi connectivity index (χ1v) is 13.8. The Balaban J connectivity index is 2.33. The molecule has 6 heteroatoms. The van der Waals surface area contributed by atoms with Gasteiger partial charge in [-0.05, 0) is 53.4 Å². The van der Waals surface area contributed by atoms with Crippen molar-refractivity contribution in [3.05, 3.63) is 60.7 Å².